The molecule has 6 heterocycles. The zero-order valence-corrected chi connectivity index (χ0v) is 26.9. The van der Waals surface area contributed by atoms with Crippen LogP contribution in [-0.4, -0.2) is 124 Å². The number of hydrogen-bond acceptors (Lipinski definition) is 21. The number of rotatable bonds is 12. The van der Waals surface area contributed by atoms with Crippen LogP contribution >= 0.6 is 23.5 Å². The van der Waals surface area contributed by atoms with E-state index in [9.17, 15) is 48.8 Å². The summed E-state index contributed by atoms with van der Waals surface area (Å²) in [6, 6.07) is 0. The van der Waals surface area contributed by atoms with Crippen molar-refractivity contribution in [3.8, 4) is 0 Å². The third kappa shape index (κ3) is 7.22. The van der Waals surface area contributed by atoms with Gasteiger partial charge in [0, 0.05) is 0 Å². The number of hydrogen-bond donors (Lipinski definition) is 9. The lowest BCUT2D eigenvalue weighted by Crippen LogP contribution is -2.33. The van der Waals surface area contributed by atoms with Crippen molar-refractivity contribution in [1.29, 1.82) is 0 Å². The van der Waals surface area contributed by atoms with Crippen molar-refractivity contribution >= 4 is 57.4 Å². The highest BCUT2D eigenvalue weighted by atomic mass is 31.3. The standard InChI is InChI=1S/C20H27N10O16P3/c21-15-9-17(25-3-23-15)29(5-27-9)19-13(33)11(31)7(43-19)1-41-47(35,36)45-49(39,40)46-48(37,38)42-2-8-12(32)14(34)20(44-8)30-6-28-10-16(22)24-4-26-18(10)30/h3-8,11-14,19-20,31-34H,1-2H2,(H,35,36)(H,37,38)(H,39,40)(H2,21,23,25)(H2,22,24,26)/t7-,8-,11-,12-,13+,14+,19+,20+/m0/s1. The van der Waals surface area contributed by atoms with Crippen molar-refractivity contribution in [3.05, 3.63) is 25.3 Å². The maximum Gasteiger partial charge on any atom is 0.490 e. The molecule has 2 unspecified atom stereocenters. The van der Waals surface area contributed by atoms with Crippen molar-refractivity contribution in [1.82, 2.24) is 39.0 Å². The van der Waals surface area contributed by atoms with Gasteiger partial charge in [0.05, 0.1) is 25.9 Å². The first-order valence-electron chi connectivity index (χ1n) is 13.6. The van der Waals surface area contributed by atoms with Gasteiger partial charge in [0.2, 0.25) is 0 Å². The molecule has 2 saturated heterocycles. The summed E-state index contributed by atoms with van der Waals surface area (Å²) < 4.78 is 67.9. The van der Waals surface area contributed by atoms with E-state index in [0.29, 0.717) is 0 Å². The highest BCUT2D eigenvalue weighted by Gasteiger charge is 2.49. The van der Waals surface area contributed by atoms with Gasteiger partial charge in [-0.3, -0.25) is 18.2 Å². The summed E-state index contributed by atoms with van der Waals surface area (Å²) in [5.41, 5.74) is 12.0. The van der Waals surface area contributed by atoms with Crippen LogP contribution in [0.1, 0.15) is 12.5 Å². The predicted octanol–water partition coefficient (Wildman–Crippen LogP) is -2.56. The van der Waals surface area contributed by atoms with Crippen LogP contribution in [0.2, 0.25) is 0 Å². The Balaban J connectivity index is 1.03. The molecule has 0 bridgehead atoms. The molecular weight excluding hydrogens is 729 g/mol. The van der Waals surface area contributed by atoms with Crippen LogP contribution in [0, 0.1) is 0 Å². The summed E-state index contributed by atoms with van der Waals surface area (Å²) in [5, 5.41) is 41.8. The van der Waals surface area contributed by atoms with E-state index in [1.54, 1.807) is 0 Å². The number of aromatic nitrogens is 8. The maximum atomic E-state index is 12.4. The zero-order valence-electron chi connectivity index (χ0n) is 24.2. The van der Waals surface area contributed by atoms with E-state index in [4.69, 9.17) is 20.9 Å². The van der Waals surface area contributed by atoms with Crippen LogP contribution in [0.15, 0.2) is 25.3 Å². The molecule has 268 valence electrons. The van der Waals surface area contributed by atoms with Crippen molar-refractivity contribution in [2.24, 2.45) is 0 Å². The second-order valence-corrected chi connectivity index (χ2v) is 15.1. The molecule has 0 aromatic carbocycles. The van der Waals surface area contributed by atoms with E-state index < -0.39 is 85.8 Å². The number of phosphoric ester groups is 2. The molecular formula is C20H27N10O16P3. The zero-order chi connectivity index (χ0) is 35.5. The van der Waals surface area contributed by atoms with E-state index in [0.717, 1.165) is 12.7 Å². The summed E-state index contributed by atoms with van der Waals surface area (Å²) >= 11 is 0. The molecule has 0 spiro atoms. The molecule has 49 heavy (non-hydrogen) atoms. The van der Waals surface area contributed by atoms with Gasteiger partial charge in [-0.2, -0.15) is 8.62 Å². The molecule has 29 heteroatoms. The number of anilines is 2. The fourth-order valence-electron chi connectivity index (χ4n) is 4.96. The second kappa shape index (κ2) is 13.2. The van der Waals surface area contributed by atoms with E-state index in [1.807, 2.05) is 0 Å². The third-order valence-corrected chi connectivity index (χ3v) is 11.5. The first-order chi connectivity index (χ1) is 23.0. The smallest absolute Gasteiger partial charge is 0.387 e. The number of nitrogen functional groups attached to an aromatic ring is 2. The number of nitrogens with two attached hydrogens (primary N) is 2. The SMILES string of the molecule is Nc1ncnc2c1ncn2[C@@H]1O[C@@H](COP(=O)(O)OP(=O)(O)OP(=O)(O)OC[C@@H]2O[C@@H](n3cnc4c(N)ncnc43)[C@H](O)[C@H]2O)[C@H](O)[C@H]1O. The number of aliphatic hydroxyl groups excluding tert-OH is 4. The third-order valence-electron chi connectivity index (χ3n) is 7.21. The molecule has 0 aliphatic carbocycles. The molecule has 2 aliphatic rings. The first kappa shape index (κ1) is 35.7. The van der Waals surface area contributed by atoms with Gasteiger partial charge >= 0.3 is 23.5 Å². The summed E-state index contributed by atoms with van der Waals surface area (Å²) in [4.78, 5) is 53.5. The number of aliphatic hydroxyl groups is 4. The normalized spacial score (nSPS) is 31.2. The van der Waals surface area contributed by atoms with Gasteiger partial charge in [-0.25, -0.2) is 43.6 Å². The van der Waals surface area contributed by atoms with Crippen molar-refractivity contribution in [2.45, 2.75) is 49.1 Å². The predicted molar refractivity (Wildman–Crippen MR) is 155 cm³/mol. The Labute approximate surface area is 271 Å². The number of fused-ring (bicyclic) bond motifs is 2. The average Bonchev–Trinajstić information content (AvgIpc) is 3.77. The summed E-state index contributed by atoms with van der Waals surface area (Å²) in [6.45, 7) is -2.05. The fourth-order valence-corrected chi connectivity index (χ4v) is 8.49. The molecule has 10 atom stereocenters. The summed E-state index contributed by atoms with van der Waals surface area (Å²) in [6.07, 6.45) is -7.97. The van der Waals surface area contributed by atoms with Crippen LogP contribution < -0.4 is 11.5 Å². The van der Waals surface area contributed by atoms with Gasteiger partial charge in [0.25, 0.3) is 0 Å². The molecule has 26 nitrogen and oxygen atoms in total. The largest absolute Gasteiger partial charge is 0.490 e. The minimum Gasteiger partial charge on any atom is -0.387 e. The highest BCUT2D eigenvalue weighted by molar-refractivity contribution is 7.66. The fraction of sp³-hybridized carbons (Fsp3) is 0.500. The van der Waals surface area contributed by atoms with E-state index in [1.165, 1.54) is 21.8 Å². The van der Waals surface area contributed by atoms with Gasteiger partial charge in [-0.1, -0.05) is 0 Å². The Kier molecular flexibility index (Phi) is 9.62. The maximum absolute atomic E-state index is 12.4. The van der Waals surface area contributed by atoms with Crippen LogP contribution in [0.3, 0.4) is 0 Å². The number of phosphoric acid groups is 3. The molecule has 2 aliphatic heterocycles. The van der Waals surface area contributed by atoms with E-state index in [2.05, 4.69) is 47.6 Å². The Morgan fingerprint density at radius 1 is 0.633 bits per heavy atom. The lowest BCUT2D eigenvalue weighted by Gasteiger charge is -2.21. The average molecular weight is 756 g/mol. The highest BCUT2D eigenvalue weighted by Crippen LogP contribution is 2.67. The lowest BCUT2D eigenvalue weighted by molar-refractivity contribution is -0.0510. The molecule has 11 N–H and O–H groups in total. The van der Waals surface area contributed by atoms with Gasteiger partial charge in [-0.05, 0) is 0 Å². The number of imidazole rings is 2. The monoisotopic (exact) mass is 756 g/mol. The second-order valence-electron chi connectivity index (χ2n) is 10.4. The molecule has 0 amide bonds. The molecule has 6 rings (SSSR count). The summed E-state index contributed by atoms with van der Waals surface area (Å²) in [7, 11) is -17.2. The topological polar surface area (TPSA) is 387 Å². The minimum absolute atomic E-state index is 0.0158. The molecule has 4 aromatic rings. The van der Waals surface area contributed by atoms with Crippen molar-refractivity contribution in [2.75, 3.05) is 24.7 Å². The van der Waals surface area contributed by atoms with E-state index in [-0.39, 0.29) is 34.0 Å². The molecule has 0 saturated carbocycles. The Morgan fingerprint density at radius 2 is 1.02 bits per heavy atom. The Hall–Kier alpha value is -3.13. The van der Waals surface area contributed by atoms with Gasteiger partial charge in [-0.15, -0.1) is 0 Å². The van der Waals surface area contributed by atoms with E-state index >= 15 is 0 Å². The number of ether oxygens (including phenoxy) is 2. The first-order valence-corrected chi connectivity index (χ1v) is 18.0. The summed E-state index contributed by atoms with van der Waals surface area (Å²) in [5.74, 6) is 0.0316. The number of nitrogens with zero attached hydrogens (tertiary/aromatic N) is 8. The minimum atomic E-state index is -5.94. The van der Waals surface area contributed by atoms with Crippen LogP contribution in [0.5, 0.6) is 0 Å². The molecule has 4 aromatic heterocycles. The molecule has 0 radical (unpaired) electrons. The van der Waals surface area contributed by atoms with Crippen molar-refractivity contribution in [3.63, 3.8) is 0 Å². The van der Waals surface area contributed by atoms with Crippen LogP contribution in [-0.2, 0) is 40.8 Å². The quantitative estimate of drug-likeness (QED) is 0.0671. The van der Waals surface area contributed by atoms with Crippen molar-refractivity contribution < 1.29 is 75.9 Å². The van der Waals surface area contributed by atoms with Gasteiger partial charge in [0.15, 0.2) is 35.4 Å². The van der Waals surface area contributed by atoms with Gasteiger partial charge < -0.3 is 56.0 Å². The lowest BCUT2D eigenvalue weighted by atomic mass is 10.1. The Morgan fingerprint density at radius 3 is 1.41 bits per heavy atom. The Bertz CT molecular complexity index is 1860. The molecule has 2 fully saturated rings. The van der Waals surface area contributed by atoms with Crippen LogP contribution in [0.25, 0.3) is 22.3 Å². The van der Waals surface area contributed by atoms with Crippen LogP contribution in [0.4, 0.5) is 11.6 Å². The van der Waals surface area contributed by atoms with Gasteiger partial charge in [0.1, 0.15) is 60.3 Å².